The zero-order valence-electron chi connectivity index (χ0n) is 12.5. The SMILES string of the molecule is CCOC(=O)C1=C(C)OC(N)=C(C#N)C1c1cc(Cl)ccc1F. The van der Waals surface area contributed by atoms with Crippen LogP contribution in [0, 0.1) is 17.1 Å². The molecule has 5 nitrogen and oxygen atoms in total. The Kier molecular flexibility index (Phi) is 4.92. The van der Waals surface area contributed by atoms with Crippen LogP contribution in [0.25, 0.3) is 0 Å². The van der Waals surface area contributed by atoms with Gasteiger partial charge in [-0.1, -0.05) is 11.6 Å². The quantitative estimate of drug-likeness (QED) is 0.857. The van der Waals surface area contributed by atoms with Gasteiger partial charge >= 0.3 is 5.97 Å². The normalized spacial score (nSPS) is 17.6. The van der Waals surface area contributed by atoms with Gasteiger partial charge in [0.15, 0.2) is 0 Å². The molecule has 0 saturated heterocycles. The van der Waals surface area contributed by atoms with E-state index in [0.29, 0.717) is 0 Å². The van der Waals surface area contributed by atoms with Crippen molar-refractivity contribution in [3.63, 3.8) is 0 Å². The van der Waals surface area contributed by atoms with Crippen LogP contribution in [-0.2, 0) is 14.3 Å². The fraction of sp³-hybridized carbons (Fsp3) is 0.250. The van der Waals surface area contributed by atoms with E-state index in [9.17, 15) is 14.4 Å². The highest BCUT2D eigenvalue weighted by atomic mass is 35.5. The molecule has 0 fully saturated rings. The Balaban J connectivity index is 2.69. The highest BCUT2D eigenvalue weighted by molar-refractivity contribution is 6.30. The lowest BCUT2D eigenvalue weighted by molar-refractivity contribution is -0.139. The molecule has 0 bridgehead atoms. The molecule has 1 atom stereocenters. The van der Waals surface area contributed by atoms with Crippen LogP contribution >= 0.6 is 11.6 Å². The Hall–Kier alpha value is -2.52. The highest BCUT2D eigenvalue weighted by Crippen LogP contribution is 2.41. The summed E-state index contributed by atoms with van der Waals surface area (Å²) in [6.07, 6.45) is 0. The van der Waals surface area contributed by atoms with E-state index in [2.05, 4.69) is 0 Å². The van der Waals surface area contributed by atoms with Gasteiger partial charge in [-0.2, -0.15) is 5.26 Å². The topological polar surface area (TPSA) is 85.3 Å². The Bertz CT molecular complexity index is 765. The number of halogens is 2. The lowest BCUT2D eigenvalue weighted by Gasteiger charge is -2.27. The largest absolute Gasteiger partial charge is 0.463 e. The van der Waals surface area contributed by atoms with E-state index in [1.165, 1.54) is 19.1 Å². The zero-order chi connectivity index (χ0) is 17.1. The van der Waals surface area contributed by atoms with E-state index >= 15 is 0 Å². The van der Waals surface area contributed by atoms with Crippen molar-refractivity contribution in [1.29, 1.82) is 5.26 Å². The molecule has 2 rings (SSSR count). The zero-order valence-corrected chi connectivity index (χ0v) is 13.3. The van der Waals surface area contributed by atoms with Gasteiger partial charge in [-0.3, -0.25) is 0 Å². The van der Waals surface area contributed by atoms with Gasteiger partial charge in [0.05, 0.1) is 18.1 Å². The summed E-state index contributed by atoms with van der Waals surface area (Å²) in [7, 11) is 0. The molecule has 1 aliphatic heterocycles. The van der Waals surface area contributed by atoms with Crippen LogP contribution in [-0.4, -0.2) is 12.6 Å². The van der Waals surface area contributed by atoms with Crippen molar-refractivity contribution < 1.29 is 18.7 Å². The molecule has 1 unspecified atom stereocenters. The third-order valence-electron chi connectivity index (χ3n) is 3.37. The maximum absolute atomic E-state index is 14.3. The summed E-state index contributed by atoms with van der Waals surface area (Å²) < 4.78 is 24.5. The number of nitrogens with two attached hydrogens (primary N) is 1. The first-order valence-electron chi connectivity index (χ1n) is 6.81. The number of carbonyl (C=O) groups is 1. The summed E-state index contributed by atoms with van der Waals surface area (Å²) in [4.78, 5) is 12.3. The van der Waals surface area contributed by atoms with Crippen LogP contribution in [0.1, 0.15) is 25.3 Å². The van der Waals surface area contributed by atoms with Crippen molar-refractivity contribution in [2.75, 3.05) is 6.61 Å². The minimum atomic E-state index is -1.04. The van der Waals surface area contributed by atoms with E-state index in [-0.39, 0.29) is 40.0 Å². The van der Waals surface area contributed by atoms with Gasteiger partial charge in [0.25, 0.3) is 0 Å². The number of benzene rings is 1. The van der Waals surface area contributed by atoms with Crippen LogP contribution in [0.15, 0.2) is 41.0 Å². The second kappa shape index (κ2) is 6.71. The molecule has 0 aromatic heterocycles. The van der Waals surface area contributed by atoms with Crippen LogP contribution < -0.4 is 5.73 Å². The third-order valence-corrected chi connectivity index (χ3v) is 3.61. The Morgan fingerprint density at radius 1 is 1.57 bits per heavy atom. The molecular weight excluding hydrogens is 323 g/mol. The monoisotopic (exact) mass is 336 g/mol. The van der Waals surface area contributed by atoms with Crippen LogP contribution in [0.4, 0.5) is 4.39 Å². The summed E-state index contributed by atoms with van der Waals surface area (Å²) in [6.45, 7) is 3.27. The highest BCUT2D eigenvalue weighted by Gasteiger charge is 2.37. The Labute approximate surface area is 137 Å². The smallest absolute Gasteiger partial charge is 0.338 e. The molecule has 23 heavy (non-hydrogen) atoms. The maximum atomic E-state index is 14.3. The minimum absolute atomic E-state index is 0.0266. The van der Waals surface area contributed by atoms with Crippen molar-refractivity contribution >= 4 is 17.6 Å². The predicted molar refractivity (Wildman–Crippen MR) is 81.4 cm³/mol. The van der Waals surface area contributed by atoms with Crippen LogP contribution in [0.5, 0.6) is 0 Å². The predicted octanol–water partition coefficient (Wildman–Crippen LogP) is 3.12. The molecule has 2 N–H and O–H groups in total. The van der Waals surface area contributed by atoms with Gasteiger partial charge in [0.1, 0.15) is 23.2 Å². The lowest BCUT2D eigenvalue weighted by Crippen LogP contribution is -2.26. The molecule has 120 valence electrons. The molecule has 1 aromatic carbocycles. The van der Waals surface area contributed by atoms with Gasteiger partial charge in [-0.25, -0.2) is 9.18 Å². The summed E-state index contributed by atoms with van der Waals surface area (Å²) in [5, 5.41) is 9.64. The number of ether oxygens (including phenoxy) is 2. The Morgan fingerprint density at radius 2 is 2.26 bits per heavy atom. The molecule has 0 spiro atoms. The van der Waals surface area contributed by atoms with Crippen molar-refractivity contribution in [3.05, 3.63) is 57.4 Å². The summed E-state index contributed by atoms with van der Waals surface area (Å²) in [5.74, 6) is -2.37. The van der Waals surface area contributed by atoms with Gasteiger partial charge in [-0.05, 0) is 32.0 Å². The van der Waals surface area contributed by atoms with E-state index < -0.39 is 17.7 Å². The van der Waals surface area contributed by atoms with E-state index in [1.807, 2.05) is 6.07 Å². The van der Waals surface area contributed by atoms with Gasteiger partial charge in [-0.15, -0.1) is 0 Å². The first-order chi connectivity index (χ1) is 10.9. The molecule has 7 heteroatoms. The average Bonchev–Trinajstić information content (AvgIpc) is 2.49. The molecule has 1 aliphatic rings. The van der Waals surface area contributed by atoms with Crippen LogP contribution in [0.3, 0.4) is 0 Å². The number of allylic oxidation sites excluding steroid dienone is 2. The van der Waals surface area contributed by atoms with Crippen LogP contribution in [0.2, 0.25) is 5.02 Å². The number of carbonyl (C=O) groups excluding carboxylic acids is 1. The molecule has 0 amide bonds. The van der Waals surface area contributed by atoms with E-state index in [1.54, 1.807) is 6.92 Å². The standard InChI is InChI=1S/C16H14ClFN2O3/c1-3-22-16(21)13-8(2)23-15(20)11(7-19)14(13)10-6-9(17)4-5-12(10)18/h4-6,14H,3,20H2,1-2H3. The molecular formula is C16H14ClFN2O3. The summed E-state index contributed by atoms with van der Waals surface area (Å²) >= 11 is 5.93. The lowest BCUT2D eigenvalue weighted by atomic mass is 9.83. The van der Waals surface area contributed by atoms with Gasteiger partial charge < -0.3 is 15.2 Å². The van der Waals surface area contributed by atoms with Gasteiger partial charge in [0, 0.05) is 10.6 Å². The number of nitriles is 1. The van der Waals surface area contributed by atoms with E-state index in [0.717, 1.165) is 6.07 Å². The number of rotatable bonds is 3. The molecule has 0 radical (unpaired) electrons. The van der Waals surface area contributed by atoms with Crippen molar-refractivity contribution in [1.82, 2.24) is 0 Å². The number of hydrogen-bond acceptors (Lipinski definition) is 5. The van der Waals surface area contributed by atoms with Crippen molar-refractivity contribution in [2.45, 2.75) is 19.8 Å². The number of hydrogen-bond donors (Lipinski definition) is 1. The van der Waals surface area contributed by atoms with E-state index in [4.69, 9.17) is 26.8 Å². The fourth-order valence-corrected chi connectivity index (χ4v) is 2.58. The van der Waals surface area contributed by atoms with Gasteiger partial charge in [0.2, 0.25) is 5.88 Å². The molecule has 1 heterocycles. The third kappa shape index (κ3) is 3.15. The second-order valence-corrected chi connectivity index (χ2v) is 5.22. The Morgan fingerprint density at radius 3 is 2.87 bits per heavy atom. The molecule has 0 saturated carbocycles. The minimum Gasteiger partial charge on any atom is -0.463 e. The average molecular weight is 337 g/mol. The fourth-order valence-electron chi connectivity index (χ4n) is 2.40. The molecule has 0 aliphatic carbocycles. The second-order valence-electron chi connectivity index (χ2n) is 4.78. The summed E-state index contributed by atoms with van der Waals surface area (Å²) in [6, 6.07) is 5.76. The number of nitrogens with zero attached hydrogens (tertiary/aromatic N) is 1. The maximum Gasteiger partial charge on any atom is 0.338 e. The number of esters is 1. The van der Waals surface area contributed by atoms with Crippen molar-refractivity contribution in [2.24, 2.45) is 5.73 Å². The van der Waals surface area contributed by atoms with Crippen molar-refractivity contribution in [3.8, 4) is 6.07 Å². The first kappa shape index (κ1) is 16.8. The molecule has 1 aromatic rings. The summed E-state index contributed by atoms with van der Waals surface area (Å²) in [5.41, 5.74) is 5.74. The first-order valence-corrected chi connectivity index (χ1v) is 7.18.